The molecule has 0 unspecified atom stereocenters. The predicted molar refractivity (Wildman–Crippen MR) is 67.0 cm³/mol. The first-order valence-corrected chi connectivity index (χ1v) is 5.83. The van der Waals surface area contributed by atoms with Crippen molar-refractivity contribution in [1.82, 2.24) is 0 Å². The lowest BCUT2D eigenvalue weighted by Crippen LogP contribution is -2.02. The lowest BCUT2D eigenvalue weighted by molar-refractivity contribution is -0.113. The van der Waals surface area contributed by atoms with Crippen LogP contribution >= 0.6 is 24.0 Å². The van der Waals surface area contributed by atoms with Crippen LogP contribution in [0.3, 0.4) is 0 Å². The summed E-state index contributed by atoms with van der Waals surface area (Å²) in [5, 5.41) is 8.25. The zero-order valence-corrected chi connectivity index (χ0v) is 9.81. The van der Waals surface area contributed by atoms with E-state index < -0.39 is 6.61 Å². The molecule has 0 fully saturated rings. The van der Waals surface area contributed by atoms with Crippen LogP contribution in [-0.2, 0) is 11.2 Å². The Labute approximate surface area is 98.7 Å². The molecule has 0 heterocycles. The molecule has 1 aromatic carbocycles. The molecular formula is C11H12O2S2. The summed E-state index contributed by atoms with van der Waals surface area (Å²) in [5.74, 6) is 0. The molecule has 0 aliphatic heterocycles. The standard InChI is InChI=1S/C11H12O2S2/c12-8-10(13)15-11(14)7-6-9-4-2-1-3-5-9/h1-5,12H,6-8H2. The molecule has 0 bridgehead atoms. The van der Waals surface area contributed by atoms with Crippen LogP contribution in [0.5, 0.6) is 0 Å². The Morgan fingerprint density at radius 3 is 2.60 bits per heavy atom. The van der Waals surface area contributed by atoms with Crippen LogP contribution < -0.4 is 0 Å². The van der Waals surface area contributed by atoms with Gasteiger partial charge in [-0.1, -0.05) is 42.5 Å². The van der Waals surface area contributed by atoms with Crippen molar-refractivity contribution >= 4 is 33.3 Å². The molecule has 0 spiro atoms. The summed E-state index contributed by atoms with van der Waals surface area (Å²) in [6.45, 7) is -0.448. The summed E-state index contributed by atoms with van der Waals surface area (Å²) in [5.41, 5.74) is 1.21. The van der Waals surface area contributed by atoms with Crippen LogP contribution in [0.25, 0.3) is 0 Å². The van der Waals surface area contributed by atoms with E-state index in [4.69, 9.17) is 17.3 Å². The first-order chi connectivity index (χ1) is 7.22. The van der Waals surface area contributed by atoms with E-state index in [1.807, 2.05) is 30.3 Å². The zero-order chi connectivity index (χ0) is 11.1. The van der Waals surface area contributed by atoms with Gasteiger partial charge in [0.2, 0.25) is 5.12 Å². The normalized spacial score (nSPS) is 9.93. The maximum atomic E-state index is 10.9. The second-order valence-electron chi connectivity index (χ2n) is 2.99. The van der Waals surface area contributed by atoms with Gasteiger partial charge in [0.15, 0.2) is 0 Å². The van der Waals surface area contributed by atoms with Crippen LogP contribution in [-0.4, -0.2) is 21.0 Å². The number of hydrogen-bond donors (Lipinski definition) is 1. The maximum absolute atomic E-state index is 10.9. The van der Waals surface area contributed by atoms with E-state index in [1.54, 1.807) is 0 Å². The first kappa shape index (κ1) is 12.4. The molecule has 0 atom stereocenters. The Morgan fingerprint density at radius 2 is 2.00 bits per heavy atom. The molecule has 0 radical (unpaired) electrons. The predicted octanol–water partition coefficient (Wildman–Crippen LogP) is 2.20. The van der Waals surface area contributed by atoms with Crippen molar-refractivity contribution < 1.29 is 9.90 Å². The number of carbonyl (C=O) groups excluding carboxylic acids is 1. The highest BCUT2D eigenvalue weighted by molar-refractivity contribution is 8.32. The average molecular weight is 240 g/mol. The molecule has 80 valence electrons. The topological polar surface area (TPSA) is 37.3 Å². The third-order valence-corrected chi connectivity index (χ3v) is 3.06. The van der Waals surface area contributed by atoms with E-state index in [0.717, 1.165) is 18.2 Å². The lowest BCUT2D eigenvalue weighted by Gasteiger charge is -2.01. The average Bonchev–Trinajstić information content (AvgIpc) is 2.27. The fraction of sp³-hybridized carbons (Fsp3) is 0.273. The molecule has 0 aliphatic carbocycles. The van der Waals surface area contributed by atoms with Gasteiger partial charge in [-0.25, -0.2) is 0 Å². The fourth-order valence-corrected chi connectivity index (χ4v) is 2.00. The number of hydrogen-bond acceptors (Lipinski definition) is 4. The van der Waals surface area contributed by atoms with Crippen molar-refractivity contribution in [3.05, 3.63) is 35.9 Å². The minimum Gasteiger partial charge on any atom is -0.388 e. The van der Waals surface area contributed by atoms with Gasteiger partial charge in [0.25, 0.3) is 0 Å². The largest absolute Gasteiger partial charge is 0.388 e. The van der Waals surface area contributed by atoms with Crippen LogP contribution in [0.15, 0.2) is 30.3 Å². The molecule has 0 saturated heterocycles. The lowest BCUT2D eigenvalue weighted by atomic mass is 10.1. The number of thiocarbonyl (C=S) groups is 1. The van der Waals surface area contributed by atoms with Gasteiger partial charge in [-0.3, -0.25) is 4.79 Å². The number of aryl methyl sites for hydroxylation is 1. The number of aliphatic hydroxyl groups excluding tert-OH is 1. The minimum absolute atomic E-state index is 0.284. The molecule has 0 saturated carbocycles. The second kappa shape index (κ2) is 6.71. The zero-order valence-electron chi connectivity index (χ0n) is 8.18. The van der Waals surface area contributed by atoms with Gasteiger partial charge < -0.3 is 5.11 Å². The van der Waals surface area contributed by atoms with Gasteiger partial charge in [-0.15, -0.1) is 0 Å². The molecule has 1 rings (SSSR count). The fourth-order valence-electron chi connectivity index (χ4n) is 1.10. The third kappa shape index (κ3) is 5.06. The summed E-state index contributed by atoms with van der Waals surface area (Å²) < 4.78 is 0.637. The van der Waals surface area contributed by atoms with Crippen molar-refractivity contribution in [3.8, 4) is 0 Å². The smallest absolute Gasteiger partial charge is 0.219 e. The molecule has 0 aromatic heterocycles. The Morgan fingerprint density at radius 1 is 1.33 bits per heavy atom. The summed E-state index contributed by atoms with van der Waals surface area (Å²) in [4.78, 5) is 10.9. The van der Waals surface area contributed by atoms with Gasteiger partial charge in [0, 0.05) is 0 Å². The summed E-state index contributed by atoms with van der Waals surface area (Å²) in [6, 6.07) is 9.98. The molecule has 2 nitrogen and oxygen atoms in total. The van der Waals surface area contributed by atoms with Crippen molar-refractivity contribution in [2.24, 2.45) is 0 Å². The van der Waals surface area contributed by atoms with E-state index in [2.05, 4.69) is 0 Å². The van der Waals surface area contributed by atoms with Crippen LogP contribution in [0.4, 0.5) is 0 Å². The SMILES string of the molecule is O=C(CO)SC(=S)CCc1ccccc1. The molecular weight excluding hydrogens is 228 g/mol. The van der Waals surface area contributed by atoms with Crippen molar-refractivity contribution in [2.45, 2.75) is 12.8 Å². The first-order valence-electron chi connectivity index (χ1n) is 4.60. The summed E-state index contributed by atoms with van der Waals surface area (Å²) >= 11 is 5.99. The molecule has 4 heteroatoms. The number of carbonyl (C=O) groups is 1. The van der Waals surface area contributed by atoms with E-state index in [0.29, 0.717) is 10.6 Å². The van der Waals surface area contributed by atoms with Crippen LogP contribution in [0, 0.1) is 0 Å². The van der Waals surface area contributed by atoms with E-state index >= 15 is 0 Å². The molecule has 1 N–H and O–H groups in total. The highest BCUT2D eigenvalue weighted by Crippen LogP contribution is 2.12. The van der Waals surface area contributed by atoms with Crippen LogP contribution in [0.2, 0.25) is 0 Å². The van der Waals surface area contributed by atoms with Gasteiger partial charge >= 0.3 is 0 Å². The van der Waals surface area contributed by atoms with E-state index in [9.17, 15) is 4.79 Å². The number of benzene rings is 1. The van der Waals surface area contributed by atoms with Crippen molar-refractivity contribution in [2.75, 3.05) is 6.61 Å². The maximum Gasteiger partial charge on any atom is 0.219 e. The second-order valence-corrected chi connectivity index (χ2v) is 4.89. The summed E-state index contributed by atoms with van der Waals surface area (Å²) in [6.07, 6.45) is 1.53. The van der Waals surface area contributed by atoms with Gasteiger partial charge in [0.1, 0.15) is 6.61 Å². The van der Waals surface area contributed by atoms with Gasteiger partial charge in [-0.2, -0.15) is 0 Å². The molecule has 15 heavy (non-hydrogen) atoms. The molecule has 0 aliphatic rings. The highest BCUT2D eigenvalue weighted by atomic mass is 32.2. The number of aliphatic hydroxyl groups is 1. The van der Waals surface area contributed by atoms with Gasteiger partial charge in [0.05, 0.1) is 4.20 Å². The quantitative estimate of drug-likeness (QED) is 0.819. The monoisotopic (exact) mass is 240 g/mol. The highest BCUT2D eigenvalue weighted by Gasteiger charge is 2.05. The van der Waals surface area contributed by atoms with E-state index in [1.165, 1.54) is 5.56 Å². The number of rotatable bonds is 4. The van der Waals surface area contributed by atoms with Gasteiger partial charge in [-0.05, 0) is 30.2 Å². The Bertz CT molecular complexity index is 336. The molecule has 0 amide bonds. The van der Waals surface area contributed by atoms with Crippen molar-refractivity contribution in [3.63, 3.8) is 0 Å². The van der Waals surface area contributed by atoms with E-state index in [-0.39, 0.29) is 5.12 Å². The Hall–Kier alpha value is -0.710. The Kier molecular flexibility index (Phi) is 5.53. The summed E-state index contributed by atoms with van der Waals surface area (Å²) in [7, 11) is 0. The van der Waals surface area contributed by atoms with Crippen LogP contribution in [0.1, 0.15) is 12.0 Å². The Balaban J connectivity index is 2.32. The van der Waals surface area contributed by atoms with Crippen molar-refractivity contribution in [1.29, 1.82) is 0 Å². The third-order valence-electron chi connectivity index (χ3n) is 1.82. The minimum atomic E-state index is -0.448. The molecule has 1 aromatic rings. The number of thioether (sulfide) groups is 1.